The summed E-state index contributed by atoms with van der Waals surface area (Å²) in [6, 6.07) is 3.60. The second-order valence-electron chi connectivity index (χ2n) is 5.60. The van der Waals surface area contributed by atoms with Crippen LogP contribution in [-0.2, 0) is 11.2 Å². The zero-order valence-corrected chi connectivity index (χ0v) is 14.2. The number of hydrogen-bond acceptors (Lipinski definition) is 5. The monoisotopic (exact) mass is 322 g/mol. The molecule has 0 aliphatic rings. The maximum absolute atomic E-state index is 12.0. The number of H-pyrrole nitrogens is 1. The van der Waals surface area contributed by atoms with Crippen molar-refractivity contribution in [2.45, 2.75) is 51.2 Å². The zero-order chi connectivity index (χ0) is 16.8. The van der Waals surface area contributed by atoms with Crippen molar-refractivity contribution in [1.29, 1.82) is 5.26 Å². The first-order valence-corrected chi connectivity index (χ1v) is 8.24. The van der Waals surface area contributed by atoms with Gasteiger partial charge in [0.25, 0.3) is 5.56 Å². The normalized spacial score (nSPS) is 13.5. The molecule has 1 atom stereocenters. The Labute approximate surface area is 134 Å². The Morgan fingerprint density at radius 3 is 2.82 bits per heavy atom. The topological polar surface area (TPSA) is 98.6 Å². The number of carbonyl (C=O) groups excluding carboxylic acids is 1. The number of aromatic nitrogens is 2. The Kier molecular flexibility index (Phi) is 6.62. The molecule has 1 amide bonds. The molecule has 0 fully saturated rings. The molecule has 2 N–H and O–H groups in total. The van der Waals surface area contributed by atoms with E-state index in [-0.39, 0.29) is 23.1 Å². The van der Waals surface area contributed by atoms with E-state index in [4.69, 9.17) is 0 Å². The molecule has 0 bridgehead atoms. The van der Waals surface area contributed by atoms with Crippen molar-refractivity contribution in [2.75, 3.05) is 5.75 Å². The average Bonchev–Trinajstić information content (AvgIpc) is 2.44. The van der Waals surface area contributed by atoms with Gasteiger partial charge in [-0.2, -0.15) is 5.26 Å². The van der Waals surface area contributed by atoms with E-state index in [0.29, 0.717) is 5.16 Å². The third-order valence-electron chi connectivity index (χ3n) is 3.41. The average molecular weight is 322 g/mol. The minimum atomic E-state index is -0.900. The van der Waals surface area contributed by atoms with E-state index >= 15 is 0 Å². The molecule has 1 aromatic rings. The molecular weight excluding hydrogens is 300 g/mol. The standard InChI is InChI=1S/C15H22N4O2S/c1-5-6-11-7-12(20)18-14(17-11)22-8-13(21)19-15(4,9-16)10(2)3/h7,10H,5-6,8H2,1-4H3,(H,19,21)(H,17,18,20)/t15-/m1/s1. The van der Waals surface area contributed by atoms with Crippen LogP contribution < -0.4 is 10.9 Å². The van der Waals surface area contributed by atoms with Crippen molar-refractivity contribution in [3.05, 3.63) is 22.1 Å². The molecule has 7 heteroatoms. The lowest BCUT2D eigenvalue weighted by molar-refractivity contribution is -0.120. The number of nitrogens with zero attached hydrogens (tertiary/aromatic N) is 2. The molecule has 1 heterocycles. The molecule has 0 aliphatic carbocycles. The zero-order valence-electron chi connectivity index (χ0n) is 13.4. The van der Waals surface area contributed by atoms with Gasteiger partial charge in [0.2, 0.25) is 5.91 Å². The summed E-state index contributed by atoms with van der Waals surface area (Å²) >= 11 is 1.16. The highest BCUT2D eigenvalue weighted by atomic mass is 32.2. The summed E-state index contributed by atoms with van der Waals surface area (Å²) < 4.78 is 0. The van der Waals surface area contributed by atoms with Crippen LogP contribution in [0.2, 0.25) is 0 Å². The highest BCUT2D eigenvalue weighted by Gasteiger charge is 2.29. The largest absolute Gasteiger partial charge is 0.337 e. The smallest absolute Gasteiger partial charge is 0.251 e. The molecule has 0 unspecified atom stereocenters. The van der Waals surface area contributed by atoms with Gasteiger partial charge in [0.15, 0.2) is 5.16 Å². The summed E-state index contributed by atoms with van der Waals surface area (Å²) in [6.45, 7) is 7.47. The predicted octanol–water partition coefficient (Wildman–Crippen LogP) is 1.87. The van der Waals surface area contributed by atoms with Crippen molar-refractivity contribution in [3.63, 3.8) is 0 Å². The van der Waals surface area contributed by atoms with Crippen LogP contribution in [0.15, 0.2) is 16.0 Å². The van der Waals surface area contributed by atoms with E-state index < -0.39 is 5.54 Å². The maximum Gasteiger partial charge on any atom is 0.251 e. The second kappa shape index (κ2) is 7.99. The highest BCUT2D eigenvalue weighted by Crippen LogP contribution is 2.17. The van der Waals surface area contributed by atoms with Gasteiger partial charge in [-0.05, 0) is 19.3 Å². The Balaban J connectivity index is 2.69. The molecule has 1 aromatic heterocycles. The van der Waals surface area contributed by atoms with Crippen LogP contribution in [0.3, 0.4) is 0 Å². The number of rotatable bonds is 7. The Bertz CT molecular complexity index is 621. The van der Waals surface area contributed by atoms with Gasteiger partial charge >= 0.3 is 0 Å². The van der Waals surface area contributed by atoms with Crippen LogP contribution in [0.4, 0.5) is 0 Å². The molecule has 0 radical (unpaired) electrons. The van der Waals surface area contributed by atoms with Crippen molar-refractivity contribution in [3.8, 4) is 6.07 Å². The van der Waals surface area contributed by atoms with E-state index in [0.717, 1.165) is 30.3 Å². The molecular formula is C15H22N4O2S. The highest BCUT2D eigenvalue weighted by molar-refractivity contribution is 7.99. The van der Waals surface area contributed by atoms with Crippen LogP contribution >= 0.6 is 11.8 Å². The number of nitrogens with one attached hydrogen (secondary N) is 2. The molecule has 0 saturated heterocycles. The Morgan fingerprint density at radius 2 is 2.27 bits per heavy atom. The van der Waals surface area contributed by atoms with Gasteiger partial charge in [0, 0.05) is 11.8 Å². The molecule has 6 nitrogen and oxygen atoms in total. The van der Waals surface area contributed by atoms with Gasteiger partial charge in [0.05, 0.1) is 11.8 Å². The minimum Gasteiger partial charge on any atom is -0.337 e. The number of carbonyl (C=O) groups is 1. The first-order valence-electron chi connectivity index (χ1n) is 7.26. The molecule has 0 spiro atoms. The van der Waals surface area contributed by atoms with Gasteiger partial charge in [0.1, 0.15) is 5.54 Å². The summed E-state index contributed by atoms with van der Waals surface area (Å²) in [5.41, 5.74) is -0.397. The van der Waals surface area contributed by atoms with Crippen LogP contribution in [0, 0.1) is 17.2 Å². The first-order chi connectivity index (χ1) is 10.3. The quantitative estimate of drug-likeness (QED) is 0.590. The molecule has 1 rings (SSSR count). The number of aromatic amines is 1. The van der Waals surface area contributed by atoms with Gasteiger partial charge in [-0.25, -0.2) is 4.98 Å². The lowest BCUT2D eigenvalue weighted by Crippen LogP contribution is -2.49. The third kappa shape index (κ3) is 5.19. The van der Waals surface area contributed by atoms with Gasteiger partial charge in [-0.1, -0.05) is 39.0 Å². The Hall–Kier alpha value is -1.81. The summed E-state index contributed by atoms with van der Waals surface area (Å²) in [5, 5.41) is 12.3. The fourth-order valence-corrected chi connectivity index (χ4v) is 2.39. The Morgan fingerprint density at radius 1 is 1.59 bits per heavy atom. The second-order valence-corrected chi connectivity index (χ2v) is 6.56. The van der Waals surface area contributed by atoms with Gasteiger partial charge in [-0.3, -0.25) is 9.59 Å². The lowest BCUT2D eigenvalue weighted by atomic mass is 9.90. The van der Waals surface area contributed by atoms with E-state index in [1.165, 1.54) is 6.07 Å². The van der Waals surface area contributed by atoms with E-state index in [1.54, 1.807) is 6.92 Å². The lowest BCUT2D eigenvalue weighted by Gasteiger charge is -2.27. The maximum atomic E-state index is 12.0. The predicted molar refractivity (Wildman–Crippen MR) is 86.6 cm³/mol. The molecule has 0 saturated carbocycles. The van der Waals surface area contributed by atoms with Crippen molar-refractivity contribution >= 4 is 17.7 Å². The van der Waals surface area contributed by atoms with Crippen LogP contribution in [0.5, 0.6) is 0 Å². The molecule has 0 aliphatic heterocycles. The summed E-state index contributed by atoms with van der Waals surface area (Å²) in [5.74, 6) is -0.161. The molecule has 120 valence electrons. The van der Waals surface area contributed by atoms with Crippen molar-refractivity contribution in [2.24, 2.45) is 5.92 Å². The van der Waals surface area contributed by atoms with Gasteiger partial charge in [-0.15, -0.1) is 0 Å². The van der Waals surface area contributed by atoms with E-state index in [2.05, 4.69) is 21.4 Å². The van der Waals surface area contributed by atoms with E-state index in [9.17, 15) is 14.9 Å². The SMILES string of the molecule is CCCc1cc(=O)[nH]c(SCC(=O)N[C@](C)(C#N)C(C)C)n1. The number of amides is 1. The van der Waals surface area contributed by atoms with Gasteiger partial charge < -0.3 is 10.3 Å². The fraction of sp³-hybridized carbons (Fsp3) is 0.600. The number of thioether (sulfide) groups is 1. The summed E-state index contributed by atoms with van der Waals surface area (Å²) in [6.07, 6.45) is 1.62. The fourth-order valence-electron chi connectivity index (χ4n) is 1.70. The van der Waals surface area contributed by atoms with E-state index in [1.807, 2.05) is 20.8 Å². The summed E-state index contributed by atoms with van der Waals surface area (Å²) in [7, 11) is 0. The van der Waals surface area contributed by atoms with Crippen molar-refractivity contribution in [1.82, 2.24) is 15.3 Å². The van der Waals surface area contributed by atoms with Crippen LogP contribution in [0.1, 0.15) is 39.8 Å². The molecule has 22 heavy (non-hydrogen) atoms. The summed E-state index contributed by atoms with van der Waals surface area (Å²) in [4.78, 5) is 30.5. The third-order valence-corrected chi connectivity index (χ3v) is 4.28. The number of hydrogen-bond donors (Lipinski definition) is 2. The van der Waals surface area contributed by atoms with Crippen LogP contribution in [-0.4, -0.2) is 27.2 Å². The van der Waals surface area contributed by atoms with Crippen LogP contribution in [0.25, 0.3) is 0 Å². The van der Waals surface area contributed by atoms with Crippen molar-refractivity contribution < 1.29 is 4.79 Å². The number of nitriles is 1. The minimum absolute atomic E-state index is 0.00253. The number of aryl methyl sites for hydroxylation is 1. The first kappa shape index (κ1) is 18.2. The molecule has 0 aromatic carbocycles.